The molecule has 0 radical (unpaired) electrons. The summed E-state index contributed by atoms with van der Waals surface area (Å²) in [6.45, 7) is 5.05. The molecule has 1 aliphatic carbocycles. The minimum atomic E-state index is -0.452. The summed E-state index contributed by atoms with van der Waals surface area (Å²) in [5.74, 6) is 0. The van der Waals surface area contributed by atoms with E-state index >= 15 is 0 Å². The van der Waals surface area contributed by atoms with Crippen LogP contribution in [0.1, 0.15) is 39.0 Å². The normalized spacial score (nSPS) is 24.1. The highest BCUT2D eigenvalue weighted by Gasteiger charge is 2.24. The number of rotatable bonds is 12. The monoisotopic (exact) mass is 289 g/mol. The van der Waals surface area contributed by atoms with Crippen LogP contribution in [0.25, 0.3) is 0 Å². The van der Waals surface area contributed by atoms with Gasteiger partial charge in [0, 0.05) is 26.3 Å². The van der Waals surface area contributed by atoms with E-state index in [9.17, 15) is 5.11 Å². The largest absolute Gasteiger partial charge is 0.389 e. The van der Waals surface area contributed by atoms with Gasteiger partial charge in [-0.1, -0.05) is 13.3 Å². The molecular weight excluding hydrogens is 258 g/mol. The van der Waals surface area contributed by atoms with Crippen molar-refractivity contribution >= 4 is 0 Å². The molecule has 0 aromatic rings. The minimum Gasteiger partial charge on any atom is -0.389 e. The van der Waals surface area contributed by atoms with Crippen molar-refractivity contribution in [2.45, 2.75) is 57.3 Å². The van der Waals surface area contributed by atoms with Crippen LogP contribution in [0, 0.1) is 0 Å². The van der Waals surface area contributed by atoms with E-state index in [2.05, 4.69) is 12.2 Å². The Morgan fingerprint density at radius 1 is 1.20 bits per heavy atom. The van der Waals surface area contributed by atoms with Crippen molar-refractivity contribution in [1.29, 1.82) is 0 Å². The van der Waals surface area contributed by atoms with Gasteiger partial charge in [0.25, 0.3) is 0 Å². The molecule has 120 valence electrons. The van der Waals surface area contributed by atoms with Crippen molar-refractivity contribution in [3.63, 3.8) is 0 Å². The zero-order chi connectivity index (χ0) is 14.6. The third-order valence-electron chi connectivity index (χ3n) is 3.68. The minimum absolute atomic E-state index is 0.366. The van der Waals surface area contributed by atoms with Gasteiger partial charge >= 0.3 is 0 Å². The summed E-state index contributed by atoms with van der Waals surface area (Å²) < 4.78 is 16.1. The zero-order valence-corrected chi connectivity index (χ0v) is 13.0. The molecule has 0 heterocycles. The molecule has 3 atom stereocenters. The Morgan fingerprint density at radius 3 is 2.70 bits per heavy atom. The van der Waals surface area contributed by atoms with E-state index in [1.165, 1.54) is 0 Å². The smallest absolute Gasteiger partial charge is 0.0897 e. The van der Waals surface area contributed by atoms with Crippen LogP contribution in [0.2, 0.25) is 0 Å². The Morgan fingerprint density at radius 2 is 2.00 bits per heavy atom. The number of nitrogens with one attached hydrogen (secondary N) is 1. The first-order chi connectivity index (χ1) is 9.76. The van der Waals surface area contributed by atoms with Gasteiger partial charge in [-0.15, -0.1) is 0 Å². The van der Waals surface area contributed by atoms with E-state index in [0.29, 0.717) is 38.5 Å². The molecule has 20 heavy (non-hydrogen) atoms. The van der Waals surface area contributed by atoms with Gasteiger partial charge in [0.05, 0.1) is 32.0 Å². The summed E-state index contributed by atoms with van der Waals surface area (Å²) >= 11 is 0. The molecule has 0 spiro atoms. The number of hydrogen-bond donors (Lipinski definition) is 2. The maximum atomic E-state index is 9.81. The summed E-state index contributed by atoms with van der Waals surface area (Å²) in [5, 5.41) is 13.2. The lowest BCUT2D eigenvalue weighted by atomic mass is 10.2. The molecule has 1 saturated carbocycles. The number of unbranched alkanes of at least 4 members (excludes halogenated alkanes) is 1. The number of methoxy groups -OCH3 is 1. The van der Waals surface area contributed by atoms with Crippen LogP contribution in [0.5, 0.6) is 0 Å². The first-order valence-corrected chi connectivity index (χ1v) is 7.86. The molecule has 2 N–H and O–H groups in total. The maximum Gasteiger partial charge on any atom is 0.0897 e. The number of hydrogen-bond acceptors (Lipinski definition) is 5. The predicted octanol–water partition coefficient (Wildman–Crippen LogP) is 1.34. The molecule has 0 bridgehead atoms. The van der Waals surface area contributed by atoms with Gasteiger partial charge in [-0.05, 0) is 25.7 Å². The molecule has 0 saturated heterocycles. The van der Waals surface area contributed by atoms with E-state index in [1.54, 1.807) is 7.11 Å². The van der Waals surface area contributed by atoms with Crippen LogP contribution < -0.4 is 5.32 Å². The van der Waals surface area contributed by atoms with Crippen LogP contribution in [-0.4, -0.2) is 63.4 Å². The first-order valence-electron chi connectivity index (χ1n) is 7.86. The van der Waals surface area contributed by atoms with Gasteiger partial charge in [0.15, 0.2) is 0 Å². The average molecular weight is 289 g/mol. The summed E-state index contributed by atoms with van der Waals surface area (Å²) in [6.07, 6.45) is 5.43. The molecule has 0 aromatic heterocycles. The van der Waals surface area contributed by atoms with Crippen LogP contribution in [0.3, 0.4) is 0 Å². The van der Waals surface area contributed by atoms with Crippen molar-refractivity contribution < 1.29 is 19.3 Å². The second kappa shape index (κ2) is 11.5. The Kier molecular flexibility index (Phi) is 10.2. The molecular formula is C15H31NO4. The van der Waals surface area contributed by atoms with Crippen molar-refractivity contribution in [3.05, 3.63) is 0 Å². The summed E-state index contributed by atoms with van der Waals surface area (Å²) in [7, 11) is 1.76. The van der Waals surface area contributed by atoms with Gasteiger partial charge in [-0.2, -0.15) is 0 Å². The molecule has 0 aliphatic heterocycles. The zero-order valence-electron chi connectivity index (χ0n) is 13.0. The molecule has 0 amide bonds. The molecule has 3 unspecified atom stereocenters. The third-order valence-corrected chi connectivity index (χ3v) is 3.68. The van der Waals surface area contributed by atoms with Gasteiger partial charge < -0.3 is 24.6 Å². The number of aliphatic hydroxyl groups excluding tert-OH is 1. The Labute approximate surface area is 123 Å². The van der Waals surface area contributed by atoms with Crippen molar-refractivity contribution in [1.82, 2.24) is 5.32 Å². The fourth-order valence-electron chi connectivity index (χ4n) is 2.39. The Balaban J connectivity index is 1.89. The van der Waals surface area contributed by atoms with E-state index < -0.39 is 6.10 Å². The first kappa shape index (κ1) is 17.9. The second-order valence-electron chi connectivity index (χ2n) is 5.47. The van der Waals surface area contributed by atoms with Crippen LogP contribution in [0.4, 0.5) is 0 Å². The Bertz CT molecular complexity index is 228. The fraction of sp³-hybridized carbons (Fsp3) is 1.00. The molecule has 5 heteroatoms. The van der Waals surface area contributed by atoms with Gasteiger partial charge in [-0.3, -0.25) is 0 Å². The van der Waals surface area contributed by atoms with Gasteiger partial charge in [0.2, 0.25) is 0 Å². The highest BCUT2D eigenvalue weighted by Crippen LogP contribution is 2.21. The summed E-state index contributed by atoms with van der Waals surface area (Å²) in [4.78, 5) is 0. The molecule has 5 nitrogen and oxygen atoms in total. The third kappa shape index (κ3) is 8.17. The highest BCUT2D eigenvalue weighted by molar-refractivity contribution is 4.81. The van der Waals surface area contributed by atoms with E-state index in [1.807, 2.05) is 0 Å². The predicted molar refractivity (Wildman–Crippen MR) is 79.0 cm³/mol. The maximum absolute atomic E-state index is 9.81. The van der Waals surface area contributed by atoms with Gasteiger partial charge in [-0.25, -0.2) is 0 Å². The van der Waals surface area contributed by atoms with E-state index in [-0.39, 0.29) is 0 Å². The molecule has 1 fully saturated rings. The summed E-state index contributed by atoms with van der Waals surface area (Å²) in [6, 6.07) is 0.465. The van der Waals surface area contributed by atoms with Gasteiger partial charge in [0.1, 0.15) is 0 Å². The lowest BCUT2D eigenvalue weighted by Crippen LogP contribution is -2.36. The van der Waals surface area contributed by atoms with E-state index in [0.717, 1.165) is 38.7 Å². The fourth-order valence-corrected chi connectivity index (χ4v) is 2.39. The molecule has 0 aromatic carbocycles. The molecule has 1 rings (SSSR count). The topological polar surface area (TPSA) is 60.0 Å². The molecule has 1 aliphatic rings. The number of ether oxygens (including phenoxy) is 3. The van der Waals surface area contributed by atoms with Crippen molar-refractivity contribution in [3.8, 4) is 0 Å². The standard InChI is InChI=1S/C15H31NO4/c1-3-4-7-19-8-9-20-12-14(17)11-16-13-5-6-15(10-13)18-2/h13-17H,3-12H2,1-2H3. The quantitative estimate of drug-likeness (QED) is 0.531. The van der Waals surface area contributed by atoms with Crippen LogP contribution in [0.15, 0.2) is 0 Å². The van der Waals surface area contributed by atoms with E-state index in [4.69, 9.17) is 14.2 Å². The average Bonchev–Trinajstić information content (AvgIpc) is 2.92. The number of aliphatic hydroxyl groups is 1. The second-order valence-corrected chi connectivity index (χ2v) is 5.47. The Hall–Kier alpha value is -0.200. The summed E-state index contributed by atoms with van der Waals surface area (Å²) in [5.41, 5.74) is 0. The SMILES string of the molecule is CCCCOCCOCC(O)CNC1CCC(OC)C1. The van der Waals surface area contributed by atoms with Crippen molar-refractivity contribution in [2.24, 2.45) is 0 Å². The van der Waals surface area contributed by atoms with Crippen LogP contribution >= 0.6 is 0 Å². The lowest BCUT2D eigenvalue weighted by molar-refractivity contribution is 0.00308. The van der Waals surface area contributed by atoms with Crippen molar-refractivity contribution in [2.75, 3.05) is 40.1 Å². The van der Waals surface area contributed by atoms with Crippen LogP contribution in [-0.2, 0) is 14.2 Å². The highest BCUT2D eigenvalue weighted by atomic mass is 16.5. The lowest BCUT2D eigenvalue weighted by Gasteiger charge is -2.16.